The summed E-state index contributed by atoms with van der Waals surface area (Å²) in [5, 5.41) is 15.8. The van der Waals surface area contributed by atoms with Crippen LogP contribution in [-0.2, 0) is 25.9 Å². The van der Waals surface area contributed by atoms with Crippen LogP contribution in [0.3, 0.4) is 0 Å². The van der Waals surface area contributed by atoms with Gasteiger partial charge in [-0.3, -0.25) is 0 Å². The molecular weight excluding hydrogens is 705 g/mol. The fraction of sp³-hybridized carbons (Fsp3) is 0.163. The Morgan fingerprint density at radius 1 is 0.446 bits per heavy atom. The van der Waals surface area contributed by atoms with E-state index in [1.807, 2.05) is 54.6 Å². The van der Waals surface area contributed by atoms with Crippen molar-refractivity contribution in [2.75, 3.05) is 30.3 Å². The Labute approximate surface area is 324 Å². The summed E-state index contributed by atoms with van der Waals surface area (Å²) in [6.07, 6.45) is 12.0. The van der Waals surface area contributed by atoms with Crippen LogP contribution in [-0.4, -0.2) is 64.7 Å². The highest BCUT2D eigenvalue weighted by atomic mass is 16.5. The third-order valence-electron chi connectivity index (χ3n) is 8.64. The third kappa shape index (κ3) is 10.7. The first-order valence-electron chi connectivity index (χ1n) is 18.2. The van der Waals surface area contributed by atoms with Crippen molar-refractivity contribution in [3.8, 4) is 17.2 Å². The molecule has 4 aromatic heterocycles. The summed E-state index contributed by atoms with van der Waals surface area (Å²) >= 11 is 0. The Balaban J connectivity index is 0.000000202. The van der Waals surface area contributed by atoms with Gasteiger partial charge >= 0.3 is 0 Å². The fourth-order valence-corrected chi connectivity index (χ4v) is 5.69. The number of anilines is 2. The maximum Gasteiger partial charge on any atom is 0.183 e. The average molecular weight is 745 g/mol. The second-order valence-corrected chi connectivity index (χ2v) is 12.6. The zero-order valence-electron chi connectivity index (χ0n) is 30.6. The van der Waals surface area contributed by atoms with Crippen molar-refractivity contribution in [1.29, 1.82) is 0 Å². The molecule has 0 saturated carbocycles. The van der Waals surface area contributed by atoms with Crippen LogP contribution < -0.4 is 20.1 Å². The van der Waals surface area contributed by atoms with Crippen LogP contribution in [0.15, 0.2) is 141 Å². The highest BCUT2D eigenvalue weighted by Gasteiger charge is 2.07. The molecule has 56 heavy (non-hydrogen) atoms. The lowest BCUT2D eigenvalue weighted by Gasteiger charge is -2.10. The van der Waals surface area contributed by atoms with Crippen LogP contribution in [0.5, 0.6) is 17.2 Å². The first-order chi connectivity index (χ1) is 27.7. The number of ether oxygens (including phenoxy) is 2. The van der Waals surface area contributed by atoms with Crippen molar-refractivity contribution in [2.45, 2.75) is 25.9 Å². The van der Waals surface area contributed by atoms with Gasteiger partial charge in [-0.2, -0.15) is 0 Å². The van der Waals surface area contributed by atoms with E-state index in [1.54, 1.807) is 36.9 Å². The molecule has 0 unspecified atom stereocenters. The van der Waals surface area contributed by atoms with Crippen molar-refractivity contribution < 1.29 is 14.6 Å². The maximum absolute atomic E-state index is 9.23. The summed E-state index contributed by atoms with van der Waals surface area (Å²) in [6, 6.07) is 33.7. The van der Waals surface area contributed by atoms with E-state index in [-0.39, 0.29) is 5.75 Å². The van der Waals surface area contributed by atoms with E-state index < -0.39 is 0 Å². The van der Waals surface area contributed by atoms with Crippen molar-refractivity contribution in [3.05, 3.63) is 163 Å². The van der Waals surface area contributed by atoms with Gasteiger partial charge in [-0.15, -0.1) is 0 Å². The first kappa shape index (κ1) is 37.1. The van der Waals surface area contributed by atoms with Gasteiger partial charge in [0.1, 0.15) is 47.5 Å². The van der Waals surface area contributed by atoms with E-state index in [0.717, 1.165) is 48.4 Å². The lowest BCUT2D eigenvalue weighted by molar-refractivity contribution is 0.306. The Morgan fingerprint density at radius 2 is 0.929 bits per heavy atom. The zero-order chi connectivity index (χ0) is 38.2. The molecule has 0 saturated heterocycles. The molecule has 280 valence electrons. The number of para-hydroxylation sites is 1. The second-order valence-electron chi connectivity index (χ2n) is 12.6. The summed E-state index contributed by atoms with van der Waals surface area (Å²) in [4.78, 5) is 33.6. The second kappa shape index (κ2) is 19.2. The minimum atomic E-state index is 0.277. The number of phenols is 1. The minimum absolute atomic E-state index is 0.277. The molecule has 0 spiro atoms. The molecular formula is C43H40N10O3. The van der Waals surface area contributed by atoms with Crippen LogP contribution in [0.2, 0.25) is 0 Å². The molecule has 0 amide bonds. The quantitative estimate of drug-likeness (QED) is 0.0978. The number of nitrogens with zero attached hydrogens (tertiary/aromatic N) is 8. The number of rotatable bonds is 15. The molecule has 8 aromatic rings. The molecule has 3 N–H and O–H groups in total. The van der Waals surface area contributed by atoms with E-state index in [2.05, 4.69) is 86.9 Å². The average Bonchev–Trinajstić information content (AvgIpc) is 3.25. The Bertz CT molecular complexity index is 2410. The number of nitrogens with one attached hydrogen (secondary N) is 2. The predicted molar refractivity (Wildman–Crippen MR) is 216 cm³/mol. The molecule has 8 rings (SSSR count). The number of aromatic nitrogens is 8. The van der Waals surface area contributed by atoms with Crippen LogP contribution in [0.4, 0.5) is 11.6 Å². The number of hydrogen-bond donors (Lipinski definition) is 3. The molecule has 4 aromatic carbocycles. The highest BCUT2D eigenvalue weighted by molar-refractivity contribution is 5.82. The number of benzene rings is 4. The molecule has 0 radical (unpaired) electrons. The SMILES string of the molecule is Oc1ccc(CCNc2ncnc3nccnc23)cc1.c1ccc(OCc2ccc(CCOc3ccc(CCNc4ncnc5nccnc45)cc3)cc2)cc1. The van der Waals surface area contributed by atoms with E-state index >= 15 is 0 Å². The molecule has 13 nitrogen and oxygen atoms in total. The fourth-order valence-electron chi connectivity index (χ4n) is 5.69. The van der Waals surface area contributed by atoms with Gasteiger partial charge in [0.25, 0.3) is 0 Å². The monoisotopic (exact) mass is 744 g/mol. The maximum atomic E-state index is 9.23. The van der Waals surface area contributed by atoms with Gasteiger partial charge in [0.2, 0.25) is 0 Å². The van der Waals surface area contributed by atoms with E-state index in [1.165, 1.54) is 23.8 Å². The summed E-state index contributed by atoms with van der Waals surface area (Å²) in [5.41, 5.74) is 7.25. The van der Waals surface area contributed by atoms with Crippen LogP contribution >= 0.6 is 0 Å². The van der Waals surface area contributed by atoms with Gasteiger partial charge in [-0.25, -0.2) is 39.9 Å². The van der Waals surface area contributed by atoms with Crippen molar-refractivity contribution in [3.63, 3.8) is 0 Å². The Kier molecular flexibility index (Phi) is 12.7. The van der Waals surface area contributed by atoms with E-state index in [4.69, 9.17) is 9.47 Å². The highest BCUT2D eigenvalue weighted by Crippen LogP contribution is 2.18. The van der Waals surface area contributed by atoms with E-state index in [9.17, 15) is 5.11 Å². The minimum Gasteiger partial charge on any atom is -0.508 e. The van der Waals surface area contributed by atoms with Crippen LogP contribution in [0, 0.1) is 0 Å². The number of hydrogen-bond acceptors (Lipinski definition) is 13. The van der Waals surface area contributed by atoms with Gasteiger partial charge in [0, 0.05) is 44.3 Å². The standard InChI is InChI=1S/C29H27N5O2.C14H13N5O/c1-2-4-25(5-3-1)36-20-24-8-6-23(7-9-24)15-19-35-26-12-10-22(11-13-26)14-16-31-28-27-29(34-21-33-28)32-18-17-30-27;20-11-3-1-10(2-4-11)5-6-16-13-12-14(19-9-18-13)17-8-7-15-12/h1-13,17-18,21H,14-16,19-20H2,(H,31,32,33,34);1-4,7-9,20H,5-6H2,(H,16,17,18,19). The van der Waals surface area contributed by atoms with Crippen molar-refractivity contribution >= 4 is 34.0 Å². The lowest BCUT2D eigenvalue weighted by Crippen LogP contribution is -2.08. The summed E-state index contributed by atoms with van der Waals surface area (Å²) in [6.45, 7) is 2.64. The molecule has 13 heteroatoms. The first-order valence-corrected chi connectivity index (χ1v) is 18.2. The number of aromatic hydroxyl groups is 1. The summed E-state index contributed by atoms with van der Waals surface area (Å²) in [7, 11) is 0. The van der Waals surface area contributed by atoms with Crippen LogP contribution in [0.1, 0.15) is 22.3 Å². The van der Waals surface area contributed by atoms with Gasteiger partial charge in [0.15, 0.2) is 22.9 Å². The van der Waals surface area contributed by atoms with Crippen molar-refractivity contribution in [1.82, 2.24) is 39.9 Å². The topological polar surface area (TPSA) is 166 Å². The molecule has 0 aliphatic heterocycles. The summed E-state index contributed by atoms with van der Waals surface area (Å²) < 4.78 is 11.8. The largest absolute Gasteiger partial charge is 0.508 e. The lowest BCUT2D eigenvalue weighted by atomic mass is 10.1. The number of phenolic OH excluding ortho intramolecular Hbond substituents is 1. The Hall–Kier alpha value is -7.28. The number of fused-ring (bicyclic) bond motifs is 2. The molecule has 0 aliphatic rings. The molecule has 0 bridgehead atoms. The van der Waals surface area contributed by atoms with Crippen LogP contribution in [0.25, 0.3) is 22.3 Å². The van der Waals surface area contributed by atoms with Gasteiger partial charge in [0.05, 0.1) is 6.61 Å². The molecule has 0 aliphatic carbocycles. The Morgan fingerprint density at radius 3 is 1.52 bits per heavy atom. The molecule has 4 heterocycles. The zero-order valence-corrected chi connectivity index (χ0v) is 30.6. The van der Waals surface area contributed by atoms with E-state index in [0.29, 0.717) is 53.7 Å². The summed E-state index contributed by atoms with van der Waals surface area (Å²) in [5.74, 6) is 3.41. The smallest absolute Gasteiger partial charge is 0.183 e. The predicted octanol–water partition coefficient (Wildman–Crippen LogP) is 7.05. The molecule has 0 atom stereocenters. The van der Waals surface area contributed by atoms with Gasteiger partial charge in [-0.1, -0.05) is 66.7 Å². The van der Waals surface area contributed by atoms with Gasteiger partial charge in [-0.05, 0) is 71.5 Å². The normalized spacial score (nSPS) is 10.7. The van der Waals surface area contributed by atoms with Crippen molar-refractivity contribution in [2.24, 2.45) is 0 Å². The van der Waals surface area contributed by atoms with Gasteiger partial charge < -0.3 is 25.2 Å². The molecule has 0 fully saturated rings. The third-order valence-corrected chi connectivity index (χ3v) is 8.64.